The van der Waals surface area contributed by atoms with Gasteiger partial charge in [0.05, 0.1) is 0 Å². The predicted molar refractivity (Wildman–Crippen MR) is 247 cm³/mol. The summed E-state index contributed by atoms with van der Waals surface area (Å²) in [6.07, 6.45) is 69.3. The summed E-state index contributed by atoms with van der Waals surface area (Å²) in [6, 6.07) is 0. The lowest BCUT2D eigenvalue weighted by atomic mass is 10.0. The predicted octanol–water partition coefficient (Wildman–Crippen LogP) is 18.6. The van der Waals surface area contributed by atoms with Crippen LogP contribution in [0.1, 0.15) is 303 Å². The standard InChI is InChI=1S/C52H104N2/c1-4-7-10-13-16-19-22-25-27-28-31-34-37-40-43-46-49-54-51-50-53(48-45-42-39-36-33-30-26-23-20-17-14-11-8-5-2)52(54)47-44-41-38-35-32-29-24-21-18-15-12-9-6-3/h50-52H,4-49H2,1-3H3. The molecule has 0 saturated carbocycles. The van der Waals surface area contributed by atoms with Gasteiger partial charge in [-0.1, -0.05) is 278 Å². The topological polar surface area (TPSA) is 6.48 Å². The highest BCUT2D eigenvalue weighted by Crippen LogP contribution is 2.24. The van der Waals surface area contributed by atoms with Crippen molar-refractivity contribution in [3.8, 4) is 0 Å². The molecule has 0 N–H and O–H groups in total. The van der Waals surface area contributed by atoms with Crippen LogP contribution in [0.2, 0.25) is 0 Å². The number of rotatable bonds is 46. The molecule has 1 rings (SSSR count). The summed E-state index contributed by atoms with van der Waals surface area (Å²) in [7, 11) is 0. The summed E-state index contributed by atoms with van der Waals surface area (Å²) < 4.78 is 0. The Balaban J connectivity index is 2.19. The zero-order chi connectivity index (χ0) is 38.7. The van der Waals surface area contributed by atoms with E-state index in [2.05, 4.69) is 43.0 Å². The number of nitrogens with zero attached hydrogens (tertiary/aromatic N) is 2. The Hall–Kier alpha value is -0.660. The molecule has 1 aliphatic heterocycles. The van der Waals surface area contributed by atoms with Crippen molar-refractivity contribution < 1.29 is 0 Å². The number of hydrogen-bond donors (Lipinski definition) is 0. The van der Waals surface area contributed by atoms with Gasteiger partial charge in [-0.15, -0.1) is 0 Å². The molecular weight excluding hydrogens is 653 g/mol. The van der Waals surface area contributed by atoms with Gasteiger partial charge >= 0.3 is 0 Å². The third-order valence-electron chi connectivity index (χ3n) is 12.8. The van der Waals surface area contributed by atoms with Crippen molar-refractivity contribution in [2.45, 2.75) is 309 Å². The van der Waals surface area contributed by atoms with E-state index in [1.54, 1.807) is 0 Å². The SMILES string of the molecule is CCCCCCCCCCCCCCCCCCN1C=CN(CCCCCCCCCCCCCCCC)C1CCCCCCCCCCCCCCC. The lowest BCUT2D eigenvalue weighted by Crippen LogP contribution is -2.39. The monoisotopic (exact) mass is 757 g/mol. The van der Waals surface area contributed by atoms with Gasteiger partial charge in [0.15, 0.2) is 0 Å². The van der Waals surface area contributed by atoms with Crippen molar-refractivity contribution in [2.75, 3.05) is 13.1 Å². The Bertz CT molecular complexity index is 717. The Morgan fingerprint density at radius 2 is 0.426 bits per heavy atom. The summed E-state index contributed by atoms with van der Waals surface area (Å²) in [4.78, 5) is 5.49. The Morgan fingerprint density at radius 3 is 0.648 bits per heavy atom. The molecule has 1 unspecified atom stereocenters. The first-order chi connectivity index (χ1) is 26.8. The van der Waals surface area contributed by atoms with Gasteiger partial charge in [-0.25, -0.2) is 0 Å². The highest BCUT2D eigenvalue weighted by atomic mass is 15.4. The summed E-state index contributed by atoms with van der Waals surface area (Å²) in [5.74, 6) is 0. The quantitative estimate of drug-likeness (QED) is 0.0571. The molecule has 2 nitrogen and oxygen atoms in total. The van der Waals surface area contributed by atoms with Gasteiger partial charge in [-0.3, -0.25) is 0 Å². The fraction of sp³-hybridized carbons (Fsp3) is 0.962. The van der Waals surface area contributed by atoms with Crippen LogP contribution in [0, 0.1) is 0 Å². The highest BCUT2D eigenvalue weighted by molar-refractivity contribution is 4.97. The van der Waals surface area contributed by atoms with Crippen molar-refractivity contribution in [1.82, 2.24) is 9.80 Å². The number of unbranched alkanes of at least 4 members (excludes halogenated alkanes) is 40. The van der Waals surface area contributed by atoms with Crippen LogP contribution in [0.4, 0.5) is 0 Å². The van der Waals surface area contributed by atoms with Crippen LogP contribution in [0.3, 0.4) is 0 Å². The molecular formula is C52H104N2. The van der Waals surface area contributed by atoms with Gasteiger partial charge in [-0.2, -0.15) is 0 Å². The van der Waals surface area contributed by atoms with E-state index < -0.39 is 0 Å². The second-order valence-corrected chi connectivity index (χ2v) is 18.2. The molecule has 0 aromatic carbocycles. The maximum atomic E-state index is 2.74. The highest BCUT2D eigenvalue weighted by Gasteiger charge is 2.25. The van der Waals surface area contributed by atoms with E-state index in [1.807, 2.05) is 0 Å². The summed E-state index contributed by atoms with van der Waals surface area (Å²) in [5.41, 5.74) is 0. The average Bonchev–Trinajstić information content (AvgIpc) is 3.57. The van der Waals surface area contributed by atoms with Crippen LogP contribution in [-0.2, 0) is 0 Å². The Labute approximate surface area is 343 Å². The number of hydrogen-bond acceptors (Lipinski definition) is 2. The first-order valence-corrected chi connectivity index (χ1v) is 26.0. The Morgan fingerprint density at radius 1 is 0.241 bits per heavy atom. The summed E-state index contributed by atoms with van der Waals surface area (Å²) >= 11 is 0. The van der Waals surface area contributed by atoms with Crippen molar-refractivity contribution in [3.63, 3.8) is 0 Å². The molecule has 322 valence electrons. The normalized spacial score (nSPS) is 14.3. The van der Waals surface area contributed by atoms with E-state index in [0.717, 1.165) is 0 Å². The van der Waals surface area contributed by atoms with E-state index >= 15 is 0 Å². The van der Waals surface area contributed by atoms with Gasteiger partial charge in [0.2, 0.25) is 0 Å². The molecule has 54 heavy (non-hydrogen) atoms. The minimum Gasteiger partial charge on any atom is -0.356 e. The maximum absolute atomic E-state index is 2.74. The van der Waals surface area contributed by atoms with Crippen LogP contribution >= 0.6 is 0 Å². The average molecular weight is 757 g/mol. The van der Waals surface area contributed by atoms with Crippen LogP contribution in [-0.4, -0.2) is 29.1 Å². The van der Waals surface area contributed by atoms with Gasteiger partial charge in [0.1, 0.15) is 6.17 Å². The first kappa shape index (κ1) is 51.4. The molecule has 0 amide bonds. The van der Waals surface area contributed by atoms with Crippen LogP contribution in [0.5, 0.6) is 0 Å². The minimum atomic E-state index is 0.635. The zero-order valence-electron chi connectivity index (χ0n) is 38.2. The smallest absolute Gasteiger partial charge is 0.101 e. The van der Waals surface area contributed by atoms with E-state index in [1.165, 1.54) is 296 Å². The van der Waals surface area contributed by atoms with Gasteiger partial charge in [0, 0.05) is 25.5 Å². The lowest BCUT2D eigenvalue weighted by molar-refractivity contribution is 0.135. The van der Waals surface area contributed by atoms with Crippen LogP contribution in [0.15, 0.2) is 12.4 Å². The van der Waals surface area contributed by atoms with Crippen molar-refractivity contribution in [3.05, 3.63) is 12.4 Å². The third-order valence-corrected chi connectivity index (χ3v) is 12.8. The zero-order valence-corrected chi connectivity index (χ0v) is 38.2. The van der Waals surface area contributed by atoms with E-state index in [4.69, 9.17) is 0 Å². The van der Waals surface area contributed by atoms with Gasteiger partial charge in [-0.05, 0) is 25.7 Å². The van der Waals surface area contributed by atoms with Gasteiger partial charge < -0.3 is 9.80 Å². The molecule has 0 saturated heterocycles. The minimum absolute atomic E-state index is 0.635. The largest absolute Gasteiger partial charge is 0.356 e. The first-order valence-electron chi connectivity index (χ1n) is 26.0. The van der Waals surface area contributed by atoms with E-state index in [9.17, 15) is 0 Å². The van der Waals surface area contributed by atoms with Crippen molar-refractivity contribution in [2.24, 2.45) is 0 Å². The third kappa shape index (κ3) is 34.6. The fourth-order valence-electron chi connectivity index (χ4n) is 9.02. The maximum Gasteiger partial charge on any atom is 0.101 e. The fourth-order valence-corrected chi connectivity index (χ4v) is 9.02. The second kappa shape index (κ2) is 43.5. The molecule has 2 heteroatoms. The molecule has 0 radical (unpaired) electrons. The molecule has 1 aliphatic rings. The lowest BCUT2D eigenvalue weighted by Gasteiger charge is -2.33. The molecule has 0 aliphatic carbocycles. The van der Waals surface area contributed by atoms with Crippen LogP contribution < -0.4 is 0 Å². The summed E-state index contributed by atoms with van der Waals surface area (Å²) in [5, 5.41) is 0. The second-order valence-electron chi connectivity index (χ2n) is 18.2. The molecule has 1 atom stereocenters. The molecule has 0 bridgehead atoms. The van der Waals surface area contributed by atoms with E-state index in [0.29, 0.717) is 6.17 Å². The van der Waals surface area contributed by atoms with Crippen molar-refractivity contribution >= 4 is 0 Å². The summed E-state index contributed by atoms with van der Waals surface area (Å²) in [6.45, 7) is 9.50. The van der Waals surface area contributed by atoms with Gasteiger partial charge in [0.25, 0.3) is 0 Å². The van der Waals surface area contributed by atoms with Crippen molar-refractivity contribution in [1.29, 1.82) is 0 Å². The molecule has 1 heterocycles. The van der Waals surface area contributed by atoms with Crippen LogP contribution in [0.25, 0.3) is 0 Å². The molecule has 0 aromatic heterocycles. The molecule has 0 fully saturated rings. The molecule has 0 spiro atoms. The van der Waals surface area contributed by atoms with E-state index in [-0.39, 0.29) is 0 Å². The Kier molecular flexibility index (Phi) is 41.3. The molecule has 0 aromatic rings.